The Morgan fingerprint density at radius 3 is 2.30 bits per heavy atom. The molecule has 0 radical (unpaired) electrons. The maximum absolute atomic E-state index is 12.1. The molecule has 0 unspecified atom stereocenters. The topological polar surface area (TPSA) is 50.4 Å². The van der Waals surface area contributed by atoms with Crippen molar-refractivity contribution in [2.24, 2.45) is 5.92 Å². The van der Waals surface area contributed by atoms with Crippen molar-refractivity contribution in [1.82, 2.24) is 10.6 Å². The molecule has 5 heteroatoms. The van der Waals surface area contributed by atoms with E-state index in [0.717, 1.165) is 38.5 Å². The quantitative estimate of drug-likeness (QED) is 0.786. The van der Waals surface area contributed by atoms with E-state index in [-0.39, 0.29) is 11.8 Å². The fourth-order valence-corrected chi connectivity index (χ4v) is 3.51. The molecule has 1 amide bonds. The molecule has 0 aromatic carbocycles. The number of nitrogens with one attached hydrogen (secondary N) is 2. The highest BCUT2D eigenvalue weighted by Gasteiger charge is 2.24. The minimum absolute atomic E-state index is 0.104. The predicted molar refractivity (Wildman–Crippen MR) is 83.5 cm³/mol. The highest BCUT2D eigenvalue weighted by atomic mass is 32.1. The molecule has 0 heterocycles. The number of rotatable bonds is 3. The average Bonchev–Trinajstić information content (AvgIpc) is 2.49. The molecule has 2 saturated carbocycles. The van der Waals surface area contributed by atoms with E-state index in [1.165, 1.54) is 19.3 Å². The molecule has 0 aromatic rings. The standard InChI is InChI=1S/C15H26N2O2S/c1-19-13-9-7-12(8-10-13)16-15(20)17-14(18)11-5-3-2-4-6-11/h11-13H,2-10H2,1H3,(H2,16,17,18,20). The number of amides is 1. The number of methoxy groups -OCH3 is 1. The second-order valence-electron chi connectivity index (χ2n) is 6.01. The van der Waals surface area contributed by atoms with Crippen molar-refractivity contribution in [3.63, 3.8) is 0 Å². The van der Waals surface area contributed by atoms with Gasteiger partial charge in [0, 0.05) is 19.1 Å². The van der Waals surface area contributed by atoms with Gasteiger partial charge in [-0.15, -0.1) is 0 Å². The van der Waals surface area contributed by atoms with E-state index in [1.54, 1.807) is 7.11 Å². The van der Waals surface area contributed by atoms with E-state index >= 15 is 0 Å². The van der Waals surface area contributed by atoms with Gasteiger partial charge in [-0.1, -0.05) is 19.3 Å². The van der Waals surface area contributed by atoms with E-state index in [1.807, 2.05) is 0 Å². The van der Waals surface area contributed by atoms with Crippen LogP contribution in [-0.2, 0) is 9.53 Å². The Labute approximate surface area is 127 Å². The van der Waals surface area contributed by atoms with Crippen LogP contribution >= 0.6 is 12.2 Å². The molecule has 4 nitrogen and oxygen atoms in total. The number of carbonyl (C=O) groups excluding carboxylic acids is 1. The van der Waals surface area contributed by atoms with Crippen LogP contribution in [0.15, 0.2) is 0 Å². The SMILES string of the molecule is COC1CCC(NC(=S)NC(=O)C2CCCCC2)CC1. The van der Waals surface area contributed by atoms with Gasteiger partial charge in [-0.3, -0.25) is 4.79 Å². The molecule has 2 aliphatic rings. The van der Waals surface area contributed by atoms with E-state index < -0.39 is 0 Å². The molecule has 20 heavy (non-hydrogen) atoms. The van der Waals surface area contributed by atoms with Crippen LogP contribution in [-0.4, -0.2) is 30.3 Å². The second kappa shape index (κ2) is 7.93. The molecule has 2 aliphatic carbocycles. The van der Waals surface area contributed by atoms with Gasteiger partial charge in [-0.25, -0.2) is 0 Å². The Kier molecular flexibility index (Phi) is 6.23. The lowest BCUT2D eigenvalue weighted by Crippen LogP contribution is -2.47. The number of thiocarbonyl (C=S) groups is 1. The van der Waals surface area contributed by atoms with Crippen LogP contribution in [0.1, 0.15) is 57.8 Å². The molecule has 2 rings (SSSR count). The largest absolute Gasteiger partial charge is 0.381 e. The predicted octanol–water partition coefficient (Wildman–Crippen LogP) is 2.52. The summed E-state index contributed by atoms with van der Waals surface area (Å²) >= 11 is 5.26. The zero-order valence-electron chi connectivity index (χ0n) is 12.3. The van der Waals surface area contributed by atoms with E-state index in [2.05, 4.69) is 10.6 Å². The maximum atomic E-state index is 12.1. The van der Waals surface area contributed by atoms with Crippen molar-refractivity contribution in [3.05, 3.63) is 0 Å². The third-order valence-corrected chi connectivity index (χ3v) is 4.78. The van der Waals surface area contributed by atoms with Gasteiger partial charge < -0.3 is 15.4 Å². The first kappa shape index (κ1) is 15.7. The Morgan fingerprint density at radius 2 is 1.70 bits per heavy atom. The number of hydrogen-bond acceptors (Lipinski definition) is 3. The molecule has 0 aromatic heterocycles. The number of carbonyl (C=O) groups is 1. The smallest absolute Gasteiger partial charge is 0.229 e. The summed E-state index contributed by atoms with van der Waals surface area (Å²) in [6.45, 7) is 0. The van der Waals surface area contributed by atoms with Crippen molar-refractivity contribution >= 4 is 23.2 Å². The molecule has 0 aliphatic heterocycles. The molecular formula is C15H26N2O2S. The zero-order valence-corrected chi connectivity index (χ0v) is 13.1. The van der Waals surface area contributed by atoms with Gasteiger partial charge in [0.2, 0.25) is 5.91 Å². The third-order valence-electron chi connectivity index (χ3n) is 4.56. The van der Waals surface area contributed by atoms with Crippen molar-refractivity contribution < 1.29 is 9.53 Å². The van der Waals surface area contributed by atoms with Crippen LogP contribution in [0.2, 0.25) is 0 Å². The van der Waals surface area contributed by atoms with Crippen LogP contribution in [0.5, 0.6) is 0 Å². The van der Waals surface area contributed by atoms with Gasteiger partial charge >= 0.3 is 0 Å². The summed E-state index contributed by atoms with van der Waals surface area (Å²) in [5, 5.41) is 6.65. The van der Waals surface area contributed by atoms with Gasteiger partial charge in [0.25, 0.3) is 0 Å². The van der Waals surface area contributed by atoms with Crippen LogP contribution < -0.4 is 10.6 Å². The van der Waals surface area contributed by atoms with Gasteiger partial charge in [0.1, 0.15) is 0 Å². The zero-order chi connectivity index (χ0) is 14.4. The molecule has 0 bridgehead atoms. The summed E-state index contributed by atoms with van der Waals surface area (Å²) in [7, 11) is 1.77. The molecule has 0 atom stereocenters. The minimum atomic E-state index is 0.104. The monoisotopic (exact) mass is 298 g/mol. The van der Waals surface area contributed by atoms with Crippen LogP contribution in [0.4, 0.5) is 0 Å². The van der Waals surface area contributed by atoms with Gasteiger partial charge in [0.05, 0.1) is 6.10 Å². The van der Waals surface area contributed by atoms with E-state index in [9.17, 15) is 4.79 Å². The first-order valence-corrected chi connectivity index (χ1v) is 8.24. The van der Waals surface area contributed by atoms with Crippen LogP contribution in [0.25, 0.3) is 0 Å². The Hall–Kier alpha value is -0.680. The summed E-state index contributed by atoms with van der Waals surface area (Å²) in [6.07, 6.45) is 10.2. The van der Waals surface area contributed by atoms with Crippen molar-refractivity contribution in [2.75, 3.05) is 7.11 Å². The van der Waals surface area contributed by atoms with E-state index in [0.29, 0.717) is 17.3 Å². The summed E-state index contributed by atoms with van der Waals surface area (Å²) in [5.41, 5.74) is 0. The van der Waals surface area contributed by atoms with Gasteiger partial charge in [0.15, 0.2) is 5.11 Å². The molecular weight excluding hydrogens is 272 g/mol. The molecule has 0 saturated heterocycles. The van der Waals surface area contributed by atoms with Crippen molar-refractivity contribution in [2.45, 2.75) is 69.9 Å². The first-order valence-electron chi connectivity index (χ1n) is 7.83. The Bertz CT molecular complexity index is 335. The third kappa shape index (κ3) is 4.70. The lowest BCUT2D eigenvalue weighted by atomic mass is 9.89. The maximum Gasteiger partial charge on any atom is 0.229 e. The molecule has 2 fully saturated rings. The molecule has 2 N–H and O–H groups in total. The average molecular weight is 298 g/mol. The Morgan fingerprint density at radius 1 is 1.05 bits per heavy atom. The van der Waals surface area contributed by atoms with Crippen molar-refractivity contribution in [3.8, 4) is 0 Å². The van der Waals surface area contributed by atoms with Crippen LogP contribution in [0, 0.1) is 5.92 Å². The highest BCUT2D eigenvalue weighted by Crippen LogP contribution is 2.24. The first-order chi connectivity index (χ1) is 9.69. The number of hydrogen-bond donors (Lipinski definition) is 2. The lowest BCUT2D eigenvalue weighted by molar-refractivity contribution is -0.124. The van der Waals surface area contributed by atoms with Gasteiger partial charge in [-0.05, 0) is 50.7 Å². The summed E-state index contributed by atoms with van der Waals surface area (Å²) in [5.74, 6) is 0.264. The fraction of sp³-hybridized carbons (Fsp3) is 0.867. The molecule has 114 valence electrons. The second-order valence-corrected chi connectivity index (χ2v) is 6.42. The summed E-state index contributed by atoms with van der Waals surface area (Å²) in [6, 6.07) is 0.376. The summed E-state index contributed by atoms with van der Waals surface area (Å²) < 4.78 is 5.36. The van der Waals surface area contributed by atoms with E-state index in [4.69, 9.17) is 17.0 Å². The fourth-order valence-electron chi connectivity index (χ4n) is 3.24. The van der Waals surface area contributed by atoms with Crippen molar-refractivity contribution in [1.29, 1.82) is 0 Å². The highest BCUT2D eigenvalue weighted by molar-refractivity contribution is 7.80. The van der Waals surface area contributed by atoms with Gasteiger partial charge in [-0.2, -0.15) is 0 Å². The Balaban J connectivity index is 1.68. The molecule has 0 spiro atoms. The summed E-state index contributed by atoms with van der Waals surface area (Å²) in [4.78, 5) is 12.1. The lowest BCUT2D eigenvalue weighted by Gasteiger charge is -2.29. The van der Waals surface area contributed by atoms with Crippen LogP contribution in [0.3, 0.4) is 0 Å². The normalized spacial score (nSPS) is 27.9. The minimum Gasteiger partial charge on any atom is -0.381 e. The number of ether oxygens (including phenoxy) is 1.